The molecule has 1 N–H and O–H groups in total. The summed E-state index contributed by atoms with van der Waals surface area (Å²) < 4.78 is 5.82. The zero-order valence-corrected chi connectivity index (χ0v) is 12.7. The van der Waals surface area contributed by atoms with E-state index in [1.54, 1.807) is 6.07 Å². The normalized spacial score (nSPS) is 10.6. The molecule has 0 fully saturated rings. The highest BCUT2D eigenvalue weighted by atomic mass is 35.5. The van der Waals surface area contributed by atoms with Gasteiger partial charge in [0.2, 0.25) is 0 Å². The number of benzene rings is 2. The molecule has 3 aromatic rings. The molecule has 0 aliphatic carbocycles. The van der Waals surface area contributed by atoms with Crippen LogP contribution in [0, 0.1) is 0 Å². The van der Waals surface area contributed by atoms with Gasteiger partial charge in [0.25, 0.3) is 0 Å². The second kappa shape index (κ2) is 6.25. The molecular formula is C17H13Cl2NO. The topological polar surface area (TPSA) is 25.2 Å². The van der Waals surface area contributed by atoms with Gasteiger partial charge in [0.05, 0.1) is 6.54 Å². The Morgan fingerprint density at radius 3 is 2.29 bits per heavy atom. The molecular weight excluding hydrogens is 305 g/mol. The third-order valence-corrected chi connectivity index (χ3v) is 3.49. The van der Waals surface area contributed by atoms with Crippen LogP contribution in [-0.2, 0) is 6.54 Å². The molecule has 0 aliphatic heterocycles. The first-order valence-electron chi connectivity index (χ1n) is 6.55. The minimum Gasteiger partial charge on any atom is -0.459 e. The SMILES string of the molecule is Clc1cc(Cl)cc(NCc2ccc(-c3ccccc3)o2)c1. The van der Waals surface area contributed by atoms with E-state index >= 15 is 0 Å². The van der Waals surface area contributed by atoms with Crippen LogP contribution < -0.4 is 5.32 Å². The lowest BCUT2D eigenvalue weighted by molar-refractivity contribution is 0.531. The van der Waals surface area contributed by atoms with Crippen LogP contribution in [0.5, 0.6) is 0 Å². The van der Waals surface area contributed by atoms with E-state index < -0.39 is 0 Å². The highest BCUT2D eigenvalue weighted by molar-refractivity contribution is 6.35. The first kappa shape index (κ1) is 14.1. The van der Waals surface area contributed by atoms with Gasteiger partial charge < -0.3 is 9.73 Å². The van der Waals surface area contributed by atoms with Crippen LogP contribution in [0.4, 0.5) is 5.69 Å². The number of anilines is 1. The van der Waals surface area contributed by atoms with Gasteiger partial charge in [-0.3, -0.25) is 0 Å². The fraction of sp³-hybridized carbons (Fsp3) is 0.0588. The van der Waals surface area contributed by atoms with E-state index in [0.717, 1.165) is 22.8 Å². The van der Waals surface area contributed by atoms with Crippen LogP contribution in [-0.4, -0.2) is 0 Å². The molecule has 4 heteroatoms. The van der Waals surface area contributed by atoms with Gasteiger partial charge in [-0.1, -0.05) is 53.5 Å². The standard InChI is InChI=1S/C17H13Cl2NO/c18-13-8-14(19)10-15(9-13)20-11-16-6-7-17(21-16)12-4-2-1-3-5-12/h1-10,20H,11H2. The quantitative estimate of drug-likeness (QED) is 0.651. The van der Waals surface area contributed by atoms with Crippen molar-refractivity contribution in [3.63, 3.8) is 0 Å². The van der Waals surface area contributed by atoms with Crippen molar-refractivity contribution in [1.29, 1.82) is 0 Å². The Balaban J connectivity index is 1.70. The average Bonchev–Trinajstić information content (AvgIpc) is 2.94. The number of hydrogen-bond acceptors (Lipinski definition) is 2. The predicted octanol–water partition coefficient (Wildman–Crippen LogP) is 5.87. The molecule has 2 aromatic carbocycles. The van der Waals surface area contributed by atoms with E-state index in [2.05, 4.69) is 5.32 Å². The maximum Gasteiger partial charge on any atom is 0.134 e. The molecule has 0 bridgehead atoms. The van der Waals surface area contributed by atoms with Crippen molar-refractivity contribution >= 4 is 28.9 Å². The van der Waals surface area contributed by atoms with Crippen LogP contribution in [0.3, 0.4) is 0 Å². The van der Waals surface area contributed by atoms with E-state index in [-0.39, 0.29) is 0 Å². The molecule has 2 nitrogen and oxygen atoms in total. The summed E-state index contributed by atoms with van der Waals surface area (Å²) in [6.07, 6.45) is 0. The van der Waals surface area contributed by atoms with E-state index in [4.69, 9.17) is 27.6 Å². The highest BCUT2D eigenvalue weighted by Gasteiger charge is 2.05. The lowest BCUT2D eigenvalue weighted by Gasteiger charge is -2.05. The third-order valence-electron chi connectivity index (χ3n) is 3.05. The lowest BCUT2D eigenvalue weighted by Crippen LogP contribution is -1.97. The highest BCUT2D eigenvalue weighted by Crippen LogP contribution is 2.25. The van der Waals surface area contributed by atoms with Crippen molar-refractivity contribution in [3.05, 3.63) is 76.5 Å². The fourth-order valence-electron chi connectivity index (χ4n) is 2.08. The molecule has 3 rings (SSSR count). The molecule has 1 aromatic heterocycles. The van der Waals surface area contributed by atoms with Crippen LogP contribution in [0.2, 0.25) is 10.0 Å². The van der Waals surface area contributed by atoms with Crippen molar-refractivity contribution in [2.75, 3.05) is 5.32 Å². The maximum atomic E-state index is 5.97. The second-order valence-corrected chi connectivity index (χ2v) is 5.52. The molecule has 0 unspecified atom stereocenters. The summed E-state index contributed by atoms with van der Waals surface area (Å²) in [5.74, 6) is 1.71. The fourth-order valence-corrected chi connectivity index (χ4v) is 2.60. The number of hydrogen-bond donors (Lipinski definition) is 1. The van der Waals surface area contributed by atoms with Crippen molar-refractivity contribution < 1.29 is 4.42 Å². The van der Waals surface area contributed by atoms with E-state index in [0.29, 0.717) is 16.6 Å². The predicted molar refractivity (Wildman–Crippen MR) is 87.9 cm³/mol. The Morgan fingerprint density at radius 2 is 1.57 bits per heavy atom. The van der Waals surface area contributed by atoms with Gasteiger partial charge >= 0.3 is 0 Å². The van der Waals surface area contributed by atoms with Crippen molar-refractivity contribution in [3.8, 4) is 11.3 Å². The lowest BCUT2D eigenvalue weighted by atomic mass is 10.2. The monoisotopic (exact) mass is 317 g/mol. The zero-order chi connectivity index (χ0) is 14.7. The first-order valence-corrected chi connectivity index (χ1v) is 7.30. The third kappa shape index (κ3) is 3.60. The van der Waals surface area contributed by atoms with Crippen LogP contribution >= 0.6 is 23.2 Å². The van der Waals surface area contributed by atoms with Gasteiger partial charge in [0.1, 0.15) is 11.5 Å². The summed E-state index contributed by atoms with van der Waals surface area (Å²) >= 11 is 11.9. The molecule has 0 atom stereocenters. The maximum absolute atomic E-state index is 5.97. The summed E-state index contributed by atoms with van der Waals surface area (Å²) in [6, 6.07) is 19.3. The smallest absolute Gasteiger partial charge is 0.134 e. The summed E-state index contributed by atoms with van der Waals surface area (Å²) in [4.78, 5) is 0. The largest absolute Gasteiger partial charge is 0.459 e. The average molecular weight is 318 g/mol. The number of halogens is 2. The summed E-state index contributed by atoms with van der Waals surface area (Å²) in [6.45, 7) is 0.573. The van der Waals surface area contributed by atoms with Crippen molar-refractivity contribution in [2.24, 2.45) is 0 Å². The Morgan fingerprint density at radius 1 is 0.857 bits per heavy atom. The Labute approximate surface area is 133 Å². The zero-order valence-electron chi connectivity index (χ0n) is 11.1. The molecule has 0 saturated carbocycles. The van der Waals surface area contributed by atoms with E-state index in [1.165, 1.54) is 0 Å². The molecule has 0 radical (unpaired) electrons. The van der Waals surface area contributed by atoms with Gasteiger partial charge in [0.15, 0.2) is 0 Å². The Bertz CT molecular complexity index is 717. The van der Waals surface area contributed by atoms with Crippen LogP contribution in [0.25, 0.3) is 11.3 Å². The molecule has 0 amide bonds. The van der Waals surface area contributed by atoms with Crippen molar-refractivity contribution in [1.82, 2.24) is 0 Å². The minimum absolute atomic E-state index is 0.573. The molecule has 106 valence electrons. The second-order valence-electron chi connectivity index (χ2n) is 4.64. The Hall–Kier alpha value is -1.90. The van der Waals surface area contributed by atoms with E-state index in [1.807, 2.05) is 54.6 Å². The van der Waals surface area contributed by atoms with Crippen LogP contribution in [0.15, 0.2) is 65.1 Å². The number of nitrogens with one attached hydrogen (secondary N) is 1. The first-order chi connectivity index (χ1) is 10.2. The van der Waals surface area contributed by atoms with Gasteiger partial charge in [-0.2, -0.15) is 0 Å². The molecule has 0 aliphatic rings. The molecule has 0 spiro atoms. The Kier molecular flexibility index (Phi) is 4.18. The molecule has 0 saturated heterocycles. The summed E-state index contributed by atoms with van der Waals surface area (Å²) in [5, 5.41) is 4.46. The van der Waals surface area contributed by atoms with Crippen LogP contribution in [0.1, 0.15) is 5.76 Å². The van der Waals surface area contributed by atoms with Gasteiger partial charge in [-0.25, -0.2) is 0 Å². The summed E-state index contributed by atoms with van der Waals surface area (Å²) in [7, 11) is 0. The van der Waals surface area contributed by atoms with Crippen molar-refractivity contribution in [2.45, 2.75) is 6.54 Å². The van der Waals surface area contributed by atoms with Gasteiger partial charge in [-0.05, 0) is 30.3 Å². The number of rotatable bonds is 4. The van der Waals surface area contributed by atoms with E-state index in [9.17, 15) is 0 Å². The van der Waals surface area contributed by atoms with Gasteiger partial charge in [0, 0.05) is 21.3 Å². The molecule has 1 heterocycles. The minimum atomic E-state index is 0.573. The number of furan rings is 1. The molecule has 21 heavy (non-hydrogen) atoms. The van der Waals surface area contributed by atoms with Gasteiger partial charge in [-0.15, -0.1) is 0 Å². The summed E-state index contributed by atoms with van der Waals surface area (Å²) in [5.41, 5.74) is 1.93.